The molecule has 0 N–H and O–H groups in total. The fraction of sp³-hybridized carbons (Fsp3) is 0.412. The summed E-state index contributed by atoms with van der Waals surface area (Å²) in [5.74, 6) is 1.02. The van der Waals surface area contributed by atoms with Crippen LogP contribution in [0.2, 0.25) is 5.02 Å². The van der Waals surface area contributed by atoms with Crippen LogP contribution in [0.3, 0.4) is 0 Å². The fourth-order valence-corrected chi connectivity index (χ4v) is 3.23. The summed E-state index contributed by atoms with van der Waals surface area (Å²) in [6.07, 6.45) is 0. The van der Waals surface area contributed by atoms with Crippen molar-refractivity contribution in [2.24, 2.45) is 0 Å². The van der Waals surface area contributed by atoms with Crippen LogP contribution in [-0.4, -0.2) is 41.5 Å². The van der Waals surface area contributed by atoms with Gasteiger partial charge in [-0.05, 0) is 44.5 Å². The molecule has 1 aromatic carbocycles. The van der Waals surface area contributed by atoms with Gasteiger partial charge in [-0.25, -0.2) is 4.98 Å². The standard InChI is InChI=1S/C17H20ClN3O/c1-4-20-7-8-21(12(3)17(20)22)16-9-11(2)14-6-5-13(18)10-15(14)19-16/h5-6,9-10,12H,4,7-8H2,1-3H3. The smallest absolute Gasteiger partial charge is 0.245 e. The minimum atomic E-state index is -0.183. The van der Waals surface area contributed by atoms with Gasteiger partial charge in [0.05, 0.1) is 5.52 Å². The molecule has 116 valence electrons. The van der Waals surface area contributed by atoms with Crippen molar-refractivity contribution in [1.82, 2.24) is 9.88 Å². The number of aromatic nitrogens is 1. The Kier molecular flexibility index (Phi) is 3.96. The van der Waals surface area contributed by atoms with Gasteiger partial charge in [-0.1, -0.05) is 17.7 Å². The summed E-state index contributed by atoms with van der Waals surface area (Å²) in [7, 11) is 0. The van der Waals surface area contributed by atoms with Crippen LogP contribution < -0.4 is 4.90 Å². The van der Waals surface area contributed by atoms with E-state index in [2.05, 4.69) is 17.9 Å². The van der Waals surface area contributed by atoms with E-state index in [1.165, 1.54) is 0 Å². The molecule has 0 spiro atoms. The van der Waals surface area contributed by atoms with Crippen LogP contribution in [0.15, 0.2) is 24.3 Å². The molecule has 0 aliphatic carbocycles. The van der Waals surface area contributed by atoms with E-state index >= 15 is 0 Å². The summed E-state index contributed by atoms with van der Waals surface area (Å²) in [6, 6.07) is 7.62. The first-order valence-corrected chi connectivity index (χ1v) is 8.01. The van der Waals surface area contributed by atoms with E-state index in [0.29, 0.717) is 5.02 Å². The Hall–Kier alpha value is -1.81. The number of amides is 1. The minimum Gasteiger partial charge on any atom is -0.343 e. The van der Waals surface area contributed by atoms with E-state index in [0.717, 1.165) is 41.9 Å². The van der Waals surface area contributed by atoms with Crippen molar-refractivity contribution in [3.05, 3.63) is 34.9 Å². The number of aryl methyl sites for hydroxylation is 1. The lowest BCUT2D eigenvalue weighted by Crippen LogP contribution is -2.56. The summed E-state index contributed by atoms with van der Waals surface area (Å²) >= 11 is 6.08. The van der Waals surface area contributed by atoms with Crippen molar-refractivity contribution in [2.45, 2.75) is 26.8 Å². The number of piperazine rings is 1. The Labute approximate surface area is 135 Å². The van der Waals surface area contributed by atoms with Gasteiger partial charge in [0.1, 0.15) is 11.9 Å². The molecule has 5 heteroatoms. The number of likely N-dealkylation sites (N-methyl/N-ethyl adjacent to an activating group) is 1. The van der Waals surface area contributed by atoms with Crippen molar-refractivity contribution in [3.8, 4) is 0 Å². The molecule has 1 saturated heterocycles. The third-order valence-corrected chi connectivity index (χ3v) is 4.62. The number of halogens is 1. The number of hydrogen-bond donors (Lipinski definition) is 0. The molecule has 1 unspecified atom stereocenters. The average Bonchev–Trinajstić information content (AvgIpc) is 2.49. The molecule has 3 rings (SSSR count). The van der Waals surface area contributed by atoms with E-state index < -0.39 is 0 Å². The maximum atomic E-state index is 12.4. The largest absolute Gasteiger partial charge is 0.343 e. The van der Waals surface area contributed by atoms with E-state index in [9.17, 15) is 4.79 Å². The first-order valence-electron chi connectivity index (χ1n) is 7.63. The number of benzene rings is 1. The van der Waals surface area contributed by atoms with Crippen LogP contribution in [0.25, 0.3) is 10.9 Å². The number of carbonyl (C=O) groups excluding carboxylic acids is 1. The molecule has 0 saturated carbocycles. The van der Waals surface area contributed by atoms with Crippen molar-refractivity contribution in [1.29, 1.82) is 0 Å². The molecule has 4 nitrogen and oxygen atoms in total. The van der Waals surface area contributed by atoms with Gasteiger partial charge in [0.15, 0.2) is 0 Å². The molecular formula is C17H20ClN3O. The van der Waals surface area contributed by atoms with Crippen molar-refractivity contribution in [2.75, 3.05) is 24.5 Å². The minimum absolute atomic E-state index is 0.166. The van der Waals surface area contributed by atoms with Crippen LogP contribution in [0.4, 0.5) is 5.82 Å². The summed E-state index contributed by atoms with van der Waals surface area (Å²) < 4.78 is 0. The second-order valence-corrected chi connectivity index (χ2v) is 6.18. The summed E-state index contributed by atoms with van der Waals surface area (Å²) in [6.45, 7) is 8.34. The second-order valence-electron chi connectivity index (χ2n) is 5.75. The molecule has 2 aromatic rings. The third kappa shape index (κ3) is 2.52. The number of pyridine rings is 1. The van der Waals surface area contributed by atoms with Gasteiger partial charge >= 0.3 is 0 Å². The molecule has 0 radical (unpaired) electrons. The SMILES string of the molecule is CCN1CCN(c2cc(C)c3ccc(Cl)cc3n2)C(C)C1=O. The lowest BCUT2D eigenvalue weighted by atomic mass is 10.1. The highest BCUT2D eigenvalue weighted by Crippen LogP contribution is 2.27. The molecule has 1 aliphatic rings. The zero-order chi connectivity index (χ0) is 15.9. The lowest BCUT2D eigenvalue weighted by Gasteiger charge is -2.39. The van der Waals surface area contributed by atoms with Crippen molar-refractivity contribution >= 4 is 34.2 Å². The van der Waals surface area contributed by atoms with Crippen molar-refractivity contribution < 1.29 is 4.79 Å². The van der Waals surface area contributed by atoms with Gasteiger partial charge in [-0.3, -0.25) is 4.79 Å². The number of carbonyl (C=O) groups is 1. The Morgan fingerprint density at radius 1 is 1.32 bits per heavy atom. The van der Waals surface area contributed by atoms with E-state index in [4.69, 9.17) is 16.6 Å². The first kappa shape index (κ1) is 15.1. The Morgan fingerprint density at radius 3 is 2.82 bits per heavy atom. The van der Waals surface area contributed by atoms with Crippen molar-refractivity contribution in [3.63, 3.8) is 0 Å². The predicted octanol–water partition coefficient (Wildman–Crippen LogP) is 3.25. The summed E-state index contributed by atoms with van der Waals surface area (Å²) in [4.78, 5) is 21.1. The summed E-state index contributed by atoms with van der Waals surface area (Å²) in [5.41, 5.74) is 2.02. The molecule has 1 fully saturated rings. The molecule has 1 atom stereocenters. The molecular weight excluding hydrogens is 298 g/mol. The lowest BCUT2D eigenvalue weighted by molar-refractivity contribution is -0.133. The highest BCUT2D eigenvalue weighted by Gasteiger charge is 2.31. The average molecular weight is 318 g/mol. The summed E-state index contributed by atoms with van der Waals surface area (Å²) in [5, 5.41) is 1.77. The molecule has 1 amide bonds. The van der Waals surface area contributed by atoms with E-state index in [-0.39, 0.29) is 11.9 Å². The van der Waals surface area contributed by atoms with Gasteiger partial charge in [-0.15, -0.1) is 0 Å². The molecule has 2 heterocycles. The third-order valence-electron chi connectivity index (χ3n) is 4.39. The molecule has 22 heavy (non-hydrogen) atoms. The topological polar surface area (TPSA) is 36.4 Å². The zero-order valence-electron chi connectivity index (χ0n) is 13.1. The van der Waals surface area contributed by atoms with Crippen LogP contribution in [-0.2, 0) is 4.79 Å². The normalized spacial score (nSPS) is 19.1. The van der Waals surface area contributed by atoms with Crippen LogP contribution in [0.1, 0.15) is 19.4 Å². The van der Waals surface area contributed by atoms with Crippen LogP contribution in [0, 0.1) is 6.92 Å². The van der Waals surface area contributed by atoms with Gasteiger partial charge in [0.25, 0.3) is 0 Å². The van der Waals surface area contributed by atoms with Gasteiger partial charge in [0.2, 0.25) is 5.91 Å². The monoisotopic (exact) mass is 317 g/mol. The zero-order valence-corrected chi connectivity index (χ0v) is 13.9. The predicted molar refractivity (Wildman–Crippen MR) is 90.6 cm³/mol. The quantitative estimate of drug-likeness (QED) is 0.853. The number of rotatable bonds is 2. The Morgan fingerprint density at radius 2 is 2.09 bits per heavy atom. The molecule has 1 aliphatic heterocycles. The van der Waals surface area contributed by atoms with Gasteiger partial charge in [0, 0.05) is 30.0 Å². The van der Waals surface area contributed by atoms with Gasteiger partial charge < -0.3 is 9.80 Å². The molecule has 1 aromatic heterocycles. The van der Waals surface area contributed by atoms with E-state index in [1.54, 1.807) is 0 Å². The van der Waals surface area contributed by atoms with Gasteiger partial charge in [-0.2, -0.15) is 0 Å². The van der Waals surface area contributed by atoms with Crippen LogP contribution >= 0.6 is 11.6 Å². The number of fused-ring (bicyclic) bond motifs is 1. The number of hydrogen-bond acceptors (Lipinski definition) is 3. The maximum Gasteiger partial charge on any atom is 0.245 e. The fourth-order valence-electron chi connectivity index (χ4n) is 3.06. The Balaban J connectivity index is 2.01. The Bertz CT molecular complexity index is 731. The maximum absolute atomic E-state index is 12.4. The molecule has 0 bridgehead atoms. The highest BCUT2D eigenvalue weighted by molar-refractivity contribution is 6.31. The first-order chi connectivity index (χ1) is 10.5. The number of anilines is 1. The van der Waals surface area contributed by atoms with E-state index in [1.807, 2.05) is 36.9 Å². The van der Waals surface area contributed by atoms with Crippen LogP contribution in [0.5, 0.6) is 0 Å². The highest BCUT2D eigenvalue weighted by atomic mass is 35.5. The second kappa shape index (κ2) is 5.76. The number of nitrogens with zero attached hydrogens (tertiary/aromatic N) is 3.